The van der Waals surface area contributed by atoms with Crippen molar-refractivity contribution in [3.05, 3.63) is 11.6 Å². The summed E-state index contributed by atoms with van der Waals surface area (Å²) >= 11 is 0. The summed E-state index contributed by atoms with van der Waals surface area (Å²) in [5.74, 6) is 1.16. The SMILES string of the molecule is CC.[B]C1CC=C(C(C)C)CC1. The average Bonchev–Trinajstić information content (AvgIpc) is 2.09. The highest BCUT2D eigenvalue weighted by molar-refractivity contribution is 6.11. The van der Waals surface area contributed by atoms with Gasteiger partial charge in [-0.1, -0.05) is 51.6 Å². The van der Waals surface area contributed by atoms with E-state index in [4.69, 9.17) is 7.85 Å². The Morgan fingerprint density at radius 1 is 1.42 bits per heavy atom. The van der Waals surface area contributed by atoms with Gasteiger partial charge >= 0.3 is 0 Å². The van der Waals surface area contributed by atoms with E-state index in [1.165, 1.54) is 12.8 Å². The molecule has 1 atom stereocenters. The topological polar surface area (TPSA) is 0 Å². The van der Waals surface area contributed by atoms with Gasteiger partial charge in [-0.05, 0) is 18.8 Å². The molecule has 0 saturated carbocycles. The summed E-state index contributed by atoms with van der Waals surface area (Å²) in [6.45, 7) is 8.51. The summed E-state index contributed by atoms with van der Waals surface area (Å²) in [5.41, 5.74) is 1.60. The van der Waals surface area contributed by atoms with Gasteiger partial charge < -0.3 is 0 Å². The van der Waals surface area contributed by atoms with Gasteiger partial charge in [-0.3, -0.25) is 0 Å². The third-order valence-corrected chi connectivity index (χ3v) is 2.23. The molecule has 0 bridgehead atoms. The molecule has 0 heterocycles. The molecule has 0 aliphatic heterocycles. The lowest BCUT2D eigenvalue weighted by Crippen LogP contribution is -2.03. The first-order valence-electron chi connectivity index (χ1n) is 5.14. The minimum absolute atomic E-state index is 0.433. The predicted molar refractivity (Wildman–Crippen MR) is 57.6 cm³/mol. The molecule has 0 fully saturated rings. The molecule has 2 radical (unpaired) electrons. The van der Waals surface area contributed by atoms with Crippen molar-refractivity contribution in [2.45, 2.75) is 52.8 Å². The fourth-order valence-electron chi connectivity index (χ4n) is 1.40. The Bertz CT molecular complexity index is 136. The molecule has 0 aromatic rings. The minimum atomic E-state index is 0.433. The van der Waals surface area contributed by atoms with Crippen LogP contribution in [0.5, 0.6) is 0 Å². The molecular formula is C11H21B. The highest BCUT2D eigenvalue weighted by atomic mass is 14.1. The van der Waals surface area contributed by atoms with Crippen molar-refractivity contribution in [2.24, 2.45) is 5.92 Å². The van der Waals surface area contributed by atoms with Crippen LogP contribution in [0, 0.1) is 5.92 Å². The van der Waals surface area contributed by atoms with Gasteiger partial charge in [0.15, 0.2) is 0 Å². The summed E-state index contributed by atoms with van der Waals surface area (Å²) in [4.78, 5) is 0. The number of hydrogen-bond acceptors (Lipinski definition) is 0. The van der Waals surface area contributed by atoms with Crippen molar-refractivity contribution in [1.29, 1.82) is 0 Å². The molecular weight excluding hydrogens is 143 g/mol. The van der Waals surface area contributed by atoms with Crippen molar-refractivity contribution in [1.82, 2.24) is 0 Å². The van der Waals surface area contributed by atoms with Crippen LogP contribution in [-0.2, 0) is 0 Å². The zero-order chi connectivity index (χ0) is 9.56. The van der Waals surface area contributed by atoms with Crippen molar-refractivity contribution in [3.63, 3.8) is 0 Å². The molecule has 0 nitrogen and oxygen atoms in total. The van der Waals surface area contributed by atoms with Crippen LogP contribution in [0.3, 0.4) is 0 Å². The van der Waals surface area contributed by atoms with Gasteiger partial charge in [-0.25, -0.2) is 0 Å². The number of hydrogen-bond donors (Lipinski definition) is 0. The van der Waals surface area contributed by atoms with Gasteiger partial charge in [-0.15, -0.1) is 0 Å². The van der Waals surface area contributed by atoms with Gasteiger partial charge in [0.2, 0.25) is 0 Å². The summed E-state index contributed by atoms with van der Waals surface area (Å²) in [6, 6.07) is 0. The van der Waals surface area contributed by atoms with E-state index in [0.717, 1.165) is 12.3 Å². The molecule has 0 N–H and O–H groups in total. The maximum atomic E-state index is 5.75. The molecule has 1 rings (SSSR count). The maximum absolute atomic E-state index is 5.75. The van der Waals surface area contributed by atoms with Crippen LogP contribution in [0.4, 0.5) is 0 Å². The van der Waals surface area contributed by atoms with Crippen LogP contribution >= 0.6 is 0 Å². The van der Waals surface area contributed by atoms with E-state index >= 15 is 0 Å². The third kappa shape index (κ3) is 3.99. The molecule has 0 saturated heterocycles. The molecule has 0 aromatic heterocycles. The monoisotopic (exact) mass is 164 g/mol. The first-order chi connectivity index (χ1) is 5.70. The molecule has 0 amide bonds. The van der Waals surface area contributed by atoms with E-state index in [9.17, 15) is 0 Å². The molecule has 1 aliphatic rings. The van der Waals surface area contributed by atoms with Crippen LogP contribution in [0.1, 0.15) is 47.0 Å². The fourth-order valence-corrected chi connectivity index (χ4v) is 1.40. The van der Waals surface area contributed by atoms with E-state index < -0.39 is 0 Å². The summed E-state index contributed by atoms with van der Waals surface area (Å²) < 4.78 is 0. The number of allylic oxidation sites excluding steroid dienone is 2. The fraction of sp³-hybridized carbons (Fsp3) is 0.818. The molecule has 1 unspecified atom stereocenters. The first-order valence-corrected chi connectivity index (χ1v) is 5.14. The molecule has 68 valence electrons. The van der Waals surface area contributed by atoms with Crippen molar-refractivity contribution < 1.29 is 0 Å². The second kappa shape index (κ2) is 6.34. The lowest BCUT2D eigenvalue weighted by molar-refractivity contribution is 0.620. The van der Waals surface area contributed by atoms with E-state index in [-0.39, 0.29) is 0 Å². The molecule has 1 aliphatic carbocycles. The largest absolute Gasteiger partial charge is 0.0855 e. The molecule has 0 spiro atoms. The molecule has 12 heavy (non-hydrogen) atoms. The van der Waals surface area contributed by atoms with Gasteiger partial charge in [0.05, 0.1) is 7.85 Å². The zero-order valence-electron chi connectivity index (χ0n) is 8.93. The first kappa shape index (κ1) is 11.8. The minimum Gasteiger partial charge on any atom is -0.0855 e. The van der Waals surface area contributed by atoms with Gasteiger partial charge in [0.1, 0.15) is 0 Å². The van der Waals surface area contributed by atoms with Crippen LogP contribution in [0.25, 0.3) is 0 Å². The zero-order valence-corrected chi connectivity index (χ0v) is 8.93. The third-order valence-electron chi connectivity index (χ3n) is 2.23. The lowest BCUT2D eigenvalue weighted by atomic mass is 9.75. The van der Waals surface area contributed by atoms with Crippen LogP contribution < -0.4 is 0 Å². The predicted octanol–water partition coefficient (Wildman–Crippen LogP) is 3.74. The van der Waals surface area contributed by atoms with Crippen LogP contribution in [0.2, 0.25) is 5.82 Å². The maximum Gasteiger partial charge on any atom is 0.0703 e. The van der Waals surface area contributed by atoms with Gasteiger partial charge in [0, 0.05) is 0 Å². The quantitative estimate of drug-likeness (QED) is 0.409. The van der Waals surface area contributed by atoms with Crippen molar-refractivity contribution >= 4 is 7.85 Å². The van der Waals surface area contributed by atoms with E-state index in [0.29, 0.717) is 5.82 Å². The number of rotatable bonds is 1. The smallest absolute Gasteiger partial charge is 0.0703 e. The summed E-state index contributed by atoms with van der Waals surface area (Å²) in [5, 5.41) is 0. The Labute approximate surface area is 78.9 Å². The standard InChI is InChI=1S/C9H15B.C2H6/c1-7(2)8-3-5-9(10)6-4-8;1-2/h3,7,9H,4-6H2,1-2H3;1-2H3. The van der Waals surface area contributed by atoms with E-state index in [1.54, 1.807) is 5.57 Å². The van der Waals surface area contributed by atoms with Crippen molar-refractivity contribution in [3.8, 4) is 0 Å². The van der Waals surface area contributed by atoms with Crippen LogP contribution in [-0.4, -0.2) is 7.85 Å². The Kier molecular flexibility index (Phi) is 6.23. The Hall–Kier alpha value is -0.195. The lowest BCUT2D eigenvalue weighted by Gasteiger charge is -2.20. The Morgan fingerprint density at radius 2 is 2.00 bits per heavy atom. The summed E-state index contributed by atoms with van der Waals surface area (Å²) in [6.07, 6.45) is 5.81. The van der Waals surface area contributed by atoms with Gasteiger partial charge in [-0.2, -0.15) is 0 Å². The highest BCUT2D eigenvalue weighted by Crippen LogP contribution is 2.28. The Balaban J connectivity index is 0.000000561. The van der Waals surface area contributed by atoms with E-state index in [1.807, 2.05) is 13.8 Å². The normalized spacial score (nSPS) is 22.8. The molecule has 0 aromatic carbocycles. The van der Waals surface area contributed by atoms with Gasteiger partial charge in [0.25, 0.3) is 0 Å². The summed E-state index contributed by atoms with van der Waals surface area (Å²) in [7, 11) is 5.75. The second-order valence-corrected chi connectivity index (χ2v) is 3.47. The second-order valence-electron chi connectivity index (χ2n) is 3.47. The van der Waals surface area contributed by atoms with Crippen LogP contribution in [0.15, 0.2) is 11.6 Å². The van der Waals surface area contributed by atoms with Crippen molar-refractivity contribution in [2.75, 3.05) is 0 Å². The Morgan fingerprint density at radius 3 is 2.33 bits per heavy atom. The molecule has 1 heteroatoms. The van der Waals surface area contributed by atoms with E-state index in [2.05, 4.69) is 19.9 Å². The average molecular weight is 164 g/mol. The highest BCUT2D eigenvalue weighted by Gasteiger charge is 2.11.